The van der Waals surface area contributed by atoms with Gasteiger partial charge in [-0.2, -0.15) is 0 Å². The van der Waals surface area contributed by atoms with E-state index in [1.54, 1.807) is 6.07 Å². The standard InChI is InChI=1S/C17H20ClFN2/c1-12(20-2)13-8-9-17(16(19)10-13)21(3)11-14-6-4-5-7-15(14)18/h4-10,12,20H,11H2,1-3H3. The summed E-state index contributed by atoms with van der Waals surface area (Å²) in [7, 11) is 3.73. The van der Waals surface area contributed by atoms with Gasteiger partial charge in [0.1, 0.15) is 5.82 Å². The number of hydrogen-bond acceptors (Lipinski definition) is 2. The summed E-state index contributed by atoms with van der Waals surface area (Å²) in [6.07, 6.45) is 0. The molecule has 0 heterocycles. The van der Waals surface area contributed by atoms with Gasteiger partial charge in [-0.25, -0.2) is 4.39 Å². The van der Waals surface area contributed by atoms with E-state index in [1.165, 1.54) is 0 Å². The number of nitrogens with zero attached hydrogens (tertiary/aromatic N) is 1. The van der Waals surface area contributed by atoms with Crippen molar-refractivity contribution in [2.75, 3.05) is 19.0 Å². The molecule has 4 heteroatoms. The van der Waals surface area contributed by atoms with Crippen LogP contribution in [0.5, 0.6) is 0 Å². The Balaban J connectivity index is 2.20. The van der Waals surface area contributed by atoms with Gasteiger partial charge in [0, 0.05) is 24.7 Å². The van der Waals surface area contributed by atoms with Gasteiger partial charge in [-0.1, -0.05) is 35.9 Å². The van der Waals surface area contributed by atoms with Gasteiger partial charge >= 0.3 is 0 Å². The number of hydrogen-bond donors (Lipinski definition) is 1. The van der Waals surface area contributed by atoms with Crippen molar-refractivity contribution in [1.29, 1.82) is 0 Å². The maximum absolute atomic E-state index is 14.3. The van der Waals surface area contributed by atoms with Crippen molar-refractivity contribution < 1.29 is 4.39 Å². The van der Waals surface area contributed by atoms with Gasteiger partial charge in [0.15, 0.2) is 0 Å². The first-order chi connectivity index (χ1) is 10.0. The lowest BCUT2D eigenvalue weighted by Gasteiger charge is -2.22. The third kappa shape index (κ3) is 3.74. The van der Waals surface area contributed by atoms with Gasteiger partial charge in [0.25, 0.3) is 0 Å². The van der Waals surface area contributed by atoms with Gasteiger partial charge in [-0.15, -0.1) is 0 Å². The van der Waals surface area contributed by atoms with E-state index in [0.717, 1.165) is 11.1 Å². The van der Waals surface area contributed by atoms with Crippen LogP contribution in [0.15, 0.2) is 42.5 Å². The third-order valence-electron chi connectivity index (χ3n) is 3.68. The summed E-state index contributed by atoms with van der Waals surface area (Å²) < 4.78 is 14.3. The molecule has 0 radical (unpaired) electrons. The topological polar surface area (TPSA) is 15.3 Å². The van der Waals surface area contributed by atoms with Gasteiger partial charge in [0.2, 0.25) is 0 Å². The van der Waals surface area contributed by atoms with Crippen molar-refractivity contribution in [3.05, 3.63) is 64.4 Å². The second-order valence-corrected chi connectivity index (χ2v) is 5.58. The van der Waals surface area contributed by atoms with Crippen LogP contribution in [0, 0.1) is 5.82 Å². The monoisotopic (exact) mass is 306 g/mol. The van der Waals surface area contributed by atoms with Crippen molar-refractivity contribution in [3.8, 4) is 0 Å². The summed E-state index contributed by atoms with van der Waals surface area (Å²) >= 11 is 6.15. The van der Waals surface area contributed by atoms with Crippen molar-refractivity contribution in [1.82, 2.24) is 5.32 Å². The molecule has 1 N–H and O–H groups in total. The summed E-state index contributed by atoms with van der Waals surface area (Å²) in [4.78, 5) is 1.87. The molecular formula is C17H20ClFN2. The van der Waals surface area contributed by atoms with Crippen LogP contribution >= 0.6 is 11.6 Å². The molecule has 0 fully saturated rings. The fourth-order valence-corrected chi connectivity index (χ4v) is 2.43. The molecule has 21 heavy (non-hydrogen) atoms. The van der Waals surface area contributed by atoms with Crippen molar-refractivity contribution in [3.63, 3.8) is 0 Å². The first-order valence-electron chi connectivity index (χ1n) is 6.94. The maximum Gasteiger partial charge on any atom is 0.146 e. The van der Waals surface area contributed by atoms with Gasteiger partial charge in [0.05, 0.1) is 5.69 Å². The molecule has 1 atom stereocenters. The minimum atomic E-state index is -0.218. The van der Waals surface area contributed by atoms with Crippen LogP contribution in [0.4, 0.5) is 10.1 Å². The van der Waals surface area contributed by atoms with E-state index in [1.807, 2.05) is 62.3 Å². The number of halogens is 2. The molecule has 0 aromatic heterocycles. The van der Waals surface area contributed by atoms with E-state index in [4.69, 9.17) is 11.6 Å². The Bertz CT molecular complexity index is 615. The average molecular weight is 307 g/mol. The molecule has 0 aliphatic carbocycles. The van der Waals surface area contributed by atoms with Crippen LogP contribution in [0.1, 0.15) is 24.1 Å². The van der Waals surface area contributed by atoms with Crippen LogP contribution < -0.4 is 10.2 Å². The molecule has 0 saturated carbocycles. The Morgan fingerprint density at radius 3 is 2.57 bits per heavy atom. The highest BCUT2D eigenvalue weighted by Gasteiger charge is 2.12. The predicted molar refractivity (Wildman–Crippen MR) is 87.4 cm³/mol. The van der Waals surface area contributed by atoms with Crippen LogP contribution in [0.3, 0.4) is 0 Å². The summed E-state index contributed by atoms with van der Waals surface area (Å²) in [6.45, 7) is 2.57. The van der Waals surface area contributed by atoms with E-state index < -0.39 is 0 Å². The molecule has 1 unspecified atom stereocenters. The van der Waals surface area contributed by atoms with E-state index in [0.29, 0.717) is 17.3 Å². The molecule has 0 aliphatic heterocycles. The highest BCUT2D eigenvalue weighted by atomic mass is 35.5. The smallest absolute Gasteiger partial charge is 0.146 e. The minimum Gasteiger partial charge on any atom is -0.368 e. The van der Waals surface area contributed by atoms with E-state index in [9.17, 15) is 4.39 Å². The normalized spacial score (nSPS) is 12.2. The largest absolute Gasteiger partial charge is 0.368 e. The summed E-state index contributed by atoms with van der Waals surface area (Å²) in [5.41, 5.74) is 2.49. The lowest BCUT2D eigenvalue weighted by molar-refractivity contribution is 0.605. The third-order valence-corrected chi connectivity index (χ3v) is 4.05. The second kappa shape index (κ2) is 6.92. The molecule has 0 saturated heterocycles. The second-order valence-electron chi connectivity index (χ2n) is 5.17. The number of nitrogens with one attached hydrogen (secondary N) is 1. The summed E-state index contributed by atoms with van der Waals surface area (Å²) in [5, 5.41) is 3.81. The van der Waals surface area contributed by atoms with Crippen molar-refractivity contribution >= 4 is 17.3 Å². The van der Waals surface area contributed by atoms with Crippen LogP contribution in [-0.4, -0.2) is 14.1 Å². The van der Waals surface area contributed by atoms with E-state index >= 15 is 0 Å². The number of benzene rings is 2. The Kier molecular flexibility index (Phi) is 5.21. The Morgan fingerprint density at radius 1 is 1.24 bits per heavy atom. The average Bonchev–Trinajstić information content (AvgIpc) is 2.48. The predicted octanol–water partition coefficient (Wildman–Crippen LogP) is 4.40. The van der Waals surface area contributed by atoms with Gasteiger partial charge in [-0.3, -0.25) is 0 Å². The molecule has 0 spiro atoms. The SMILES string of the molecule is CNC(C)c1ccc(N(C)Cc2ccccc2Cl)c(F)c1. The zero-order chi connectivity index (χ0) is 15.4. The molecule has 0 aliphatic rings. The molecule has 0 bridgehead atoms. The fraction of sp³-hybridized carbons (Fsp3) is 0.294. The fourth-order valence-electron chi connectivity index (χ4n) is 2.24. The zero-order valence-electron chi connectivity index (χ0n) is 12.5. The highest BCUT2D eigenvalue weighted by Crippen LogP contribution is 2.25. The van der Waals surface area contributed by atoms with Crippen LogP contribution in [0.25, 0.3) is 0 Å². The first kappa shape index (κ1) is 15.8. The van der Waals surface area contributed by atoms with Gasteiger partial charge < -0.3 is 10.2 Å². The number of anilines is 1. The number of rotatable bonds is 5. The molecular weight excluding hydrogens is 287 g/mol. The Labute approximate surface area is 130 Å². The van der Waals surface area contributed by atoms with Crippen LogP contribution in [0.2, 0.25) is 5.02 Å². The molecule has 2 aromatic carbocycles. The molecule has 2 rings (SSSR count). The minimum absolute atomic E-state index is 0.127. The van der Waals surface area contributed by atoms with E-state index in [2.05, 4.69) is 5.32 Å². The quantitative estimate of drug-likeness (QED) is 0.881. The Hall–Kier alpha value is -1.58. The van der Waals surface area contributed by atoms with Crippen molar-refractivity contribution in [2.45, 2.75) is 19.5 Å². The lowest BCUT2D eigenvalue weighted by Crippen LogP contribution is -2.19. The molecule has 112 valence electrons. The van der Waals surface area contributed by atoms with E-state index in [-0.39, 0.29) is 11.9 Å². The van der Waals surface area contributed by atoms with Crippen LogP contribution in [-0.2, 0) is 6.54 Å². The zero-order valence-corrected chi connectivity index (χ0v) is 13.3. The van der Waals surface area contributed by atoms with Gasteiger partial charge in [-0.05, 0) is 43.3 Å². The Morgan fingerprint density at radius 2 is 1.95 bits per heavy atom. The molecule has 2 nitrogen and oxygen atoms in total. The molecule has 0 amide bonds. The molecule has 2 aromatic rings. The highest BCUT2D eigenvalue weighted by molar-refractivity contribution is 6.31. The summed E-state index contributed by atoms with van der Waals surface area (Å²) in [5.74, 6) is -0.218. The maximum atomic E-state index is 14.3. The lowest BCUT2D eigenvalue weighted by atomic mass is 10.1. The first-order valence-corrected chi connectivity index (χ1v) is 7.32. The van der Waals surface area contributed by atoms with Crippen molar-refractivity contribution in [2.24, 2.45) is 0 Å². The summed E-state index contributed by atoms with van der Waals surface area (Å²) in [6, 6.07) is 13.1.